The molecule has 0 radical (unpaired) electrons. The number of H-pyrrole nitrogens is 1. The van der Waals surface area contributed by atoms with Gasteiger partial charge in [0.1, 0.15) is 5.76 Å². The van der Waals surface area contributed by atoms with Crippen LogP contribution in [-0.4, -0.2) is 21.0 Å². The van der Waals surface area contributed by atoms with E-state index in [-0.39, 0.29) is 5.84 Å². The molecule has 0 saturated carbocycles. The molecule has 3 aromatic heterocycles. The molecule has 0 aliphatic carbocycles. The molecule has 0 atom stereocenters. The Balaban J connectivity index is 1.42. The van der Waals surface area contributed by atoms with Gasteiger partial charge in [0.15, 0.2) is 28.9 Å². The standard InChI is InChI=1S/C24H19N5O3/c1-13(25)14-2-4-15(5-3-14)19-8-9-20(31-19)21-10-11-22(32-21)24-27-17-7-6-16(23(26)29-30)12-18(17)28-24/h2-12,30H,1,25H2,(H2,26,29)(H,27,28). The number of hydrogen-bond acceptors (Lipinski definition) is 6. The number of furan rings is 2. The molecule has 0 amide bonds. The second-order valence-corrected chi connectivity index (χ2v) is 7.23. The zero-order chi connectivity index (χ0) is 22.2. The van der Waals surface area contributed by atoms with E-state index in [2.05, 4.69) is 21.7 Å². The van der Waals surface area contributed by atoms with Crippen molar-refractivity contribution in [1.29, 1.82) is 0 Å². The largest absolute Gasteiger partial charge is 0.453 e. The topological polar surface area (TPSA) is 140 Å². The van der Waals surface area contributed by atoms with E-state index < -0.39 is 0 Å². The third kappa shape index (κ3) is 3.39. The molecule has 2 aromatic carbocycles. The average molecular weight is 425 g/mol. The van der Waals surface area contributed by atoms with Crippen molar-refractivity contribution >= 4 is 22.6 Å². The Kier molecular flexibility index (Phi) is 4.52. The molecule has 0 aliphatic rings. The zero-order valence-corrected chi connectivity index (χ0v) is 16.9. The van der Waals surface area contributed by atoms with Gasteiger partial charge in [-0.15, -0.1) is 0 Å². The normalized spacial score (nSPS) is 11.8. The van der Waals surface area contributed by atoms with E-state index in [1.54, 1.807) is 18.2 Å². The number of aromatic nitrogens is 2. The summed E-state index contributed by atoms with van der Waals surface area (Å²) in [4.78, 5) is 7.75. The van der Waals surface area contributed by atoms with E-state index in [1.807, 2.05) is 48.5 Å². The van der Waals surface area contributed by atoms with Crippen LogP contribution in [0.3, 0.4) is 0 Å². The van der Waals surface area contributed by atoms with E-state index in [4.69, 9.17) is 25.5 Å². The Hall–Kier alpha value is -4.72. The molecule has 158 valence electrons. The van der Waals surface area contributed by atoms with Crippen LogP contribution >= 0.6 is 0 Å². The summed E-state index contributed by atoms with van der Waals surface area (Å²) in [5, 5.41) is 11.9. The van der Waals surface area contributed by atoms with Crippen molar-refractivity contribution in [2.45, 2.75) is 0 Å². The fourth-order valence-electron chi connectivity index (χ4n) is 3.41. The van der Waals surface area contributed by atoms with E-state index in [1.165, 1.54) is 0 Å². The van der Waals surface area contributed by atoms with Gasteiger partial charge in [0.2, 0.25) is 0 Å². The Bertz CT molecular complexity index is 1470. The van der Waals surface area contributed by atoms with Gasteiger partial charge in [-0.25, -0.2) is 4.98 Å². The van der Waals surface area contributed by atoms with Gasteiger partial charge >= 0.3 is 0 Å². The first-order chi connectivity index (χ1) is 15.5. The van der Waals surface area contributed by atoms with E-state index >= 15 is 0 Å². The van der Waals surface area contributed by atoms with Crippen LogP contribution in [0, 0.1) is 0 Å². The summed E-state index contributed by atoms with van der Waals surface area (Å²) in [6.45, 7) is 3.74. The lowest BCUT2D eigenvalue weighted by Gasteiger charge is -2.01. The van der Waals surface area contributed by atoms with Gasteiger partial charge in [-0.1, -0.05) is 36.0 Å². The fraction of sp³-hybridized carbons (Fsp3) is 0. The van der Waals surface area contributed by atoms with Crippen LogP contribution in [0.15, 0.2) is 87.3 Å². The van der Waals surface area contributed by atoms with Gasteiger partial charge in [0.05, 0.1) is 11.0 Å². The summed E-state index contributed by atoms with van der Waals surface area (Å²) in [5.41, 5.74) is 15.8. The lowest BCUT2D eigenvalue weighted by Crippen LogP contribution is -2.12. The second kappa shape index (κ2) is 7.51. The maximum atomic E-state index is 8.87. The number of hydrogen-bond donors (Lipinski definition) is 4. The smallest absolute Gasteiger partial charge is 0.174 e. The first kappa shape index (κ1) is 19.3. The average Bonchev–Trinajstić information content (AvgIpc) is 3.56. The van der Waals surface area contributed by atoms with Crippen LogP contribution in [0.25, 0.3) is 51.2 Å². The highest BCUT2D eigenvalue weighted by molar-refractivity contribution is 5.99. The zero-order valence-electron chi connectivity index (χ0n) is 16.9. The van der Waals surface area contributed by atoms with Gasteiger partial charge in [-0.2, -0.15) is 0 Å². The third-order valence-electron chi connectivity index (χ3n) is 5.11. The molecule has 8 nitrogen and oxygen atoms in total. The van der Waals surface area contributed by atoms with Gasteiger partial charge in [-0.3, -0.25) is 0 Å². The molecule has 8 heteroatoms. The van der Waals surface area contributed by atoms with Crippen LogP contribution in [0.4, 0.5) is 0 Å². The summed E-state index contributed by atoms with van der Waals surface area (Å²) in [6.07, 6.45) is 0. The second-order valence-electron chi connectivity index (χ2n) is 7.23. The van der Waals surface area contributed by atoms with Crippen molar-refractivity contribution in [1.82, 2.24) is 9.97 Å². The van der Waals surface area contributed by atoms with Crippen molar-refractivity contribution in [2.75, 3.05) is 0 Å². The number of fused-ring (bicyclic) bond motifs is 1. The monoisotopic (exact) mass is 425 g/mol. The molecular formula is C24H19N5O3. The lowest BCUT2D eigenvalue weighted by atomic mass is 10.1. The Morgan fingerprint density at radius 3 is 2.16 bits per heavy atom. The molecule has 0 fully saturated rings. The molecule has 5 rings (SSSR count). The lowest BCUT2D eigenvalue weighted by molar-refractivity contribution is 0.318. The molecule has 0 saturated heterocycles. The van der Waals surface area contributed by atoms with Crippen LogP contribution in [-0.2, 0) is 0 Å². The van der Waals surface area contributed by atoms with Crippen molar-refractivity contribution in [3.63, 3.8) is 0 Å². The predicted molar refractivity (Wildman–Crippen MR) is 123 cm³/mol. The van der Waals surface area contributed by atoms with Crippen LogP contribution < -0.4 is 11.5 Å². The molecule has 0 aliphatic heterocycles. The summed E-state index contributed by atoms with van der Waals surface area (Å²) in [6, 6.07) is 20.3. The number of rotatable bonds is 5. The van der Waals surface area contributed by atoms with Gasteiger partial charge in [0, 0.05) is 16.8 Å². The fourth-order valence-corrected chi connectivity index (χ4v) is 3.41. The maximum absolute atomic E-state index is 8.87. The molecule has 6 N–H and O–H groups in total. The van der Waals surface area contributed by atoms with Crippen LogP contribution in [0.1, 0.15) is 11.1 Å². The molecule has 5 aromatic rings. The van der Waals surface area contributed by atoms with E-state index in [9.17, 15) is 0 Å². The summed E-state index contributed by atoms with van der Waals surface area (Å²) in [5.74, 6) is 3.04. The first-order valence-corrected chi connectivity index (χ1v) is 9.75. The number of benzene rings is 2. The Morgan fingerprint density at radius 2 is 1.47 bits per heavy atom. The van der Waals surface area contributed by atoms with Crippen molar-refractivity contribution in [3.8, 4) is 34.4 Å². The minimum atomic E-state index is 0.0274. The minimum absolute atomic E-state index is 0.0274. The quantitative estimate of drug-likeness (QED) is 0.138. The number of nitrogens with two attached hydrogens (primary N) is 2. The SMILES string of the molecule is C=C(N)c1ccc(-c2ccc(-c3ccc(-c4nc5ccc(/C(N)=N/O)cc5[nH]4)o3)o2)cc1. The summed E-state index contributed by atoms with van der Waals surface area (Å²) >= 11 is 0. The molecule has 3 heterocycles. The van der Waals surface area contributed by atoms with Crippen LogP contribution in [0.5, 0.6) is 0 Å². The number of amidine groups is 1. The predicted octanol–water partition coefficient (Wildman–Crippen LogP) is 4.77. The highest BCUT2D eigenvalue weighted by atomic mass is 16.4. The van der Waals surface area contributed by atoms with E-state index in [0.29, 0.717) is 40.1 Å². The number of oxime groups is 1. The van der Waals surface area contributed by atoms with Crippen molar-refractivity contribution in [3.05, 3.63) is 84.4 Å². The summed E-state index contributed by atoms with van der Waals surface area (Å²) < 4.78 is 12.0. The number of aromatic amines is 1. The molecule has 0 bridgehead atoms. The number of imidazole rings is 1. The highest BCUT2D eigenvalue weighted by Crippen LogP contribution is 2.32. The molecule has 0 unspecified atom stereocenters. The number of nitrogens with zero attached hydrogens (tertiary/aromatic N) is 2. The molecular weight excluding hydrogens is 406 g/mol. The Labute approximate surface area is 182 Å². The van der Waals surface area contributed by atoms with Crippen LogP contribution in [0.2, 0.25) is 0 Å². The molecule has 32 heavy (non-hydrogen) atoms. The van der Waals surface area contributed by atoms with Gasteiger partial charge in [0.25, 0.3) is 0 Å². The third-order valence-corrected chi connectivity index (χ3v) is 5.11. The van der Waals surface area contributed by atoms with Crippen molar-refractivity contribution < 1.29 is 14.0 Å². The minimum Gasteiger partial charge on any atom is -0.453 e. The van der Waals surface area contributed by atoms with Gasteiger partial charge in [-0.05, 0) is 48.0 Å². The van der Waals surface area contributed by atoms with E-state index in [0.717, 1.165) is 22.2 Å². The van der Waals surface area contributed by atoms with Gasteiger partial charge < -0.3 is 30.5 Å². The van der Waals surface area contributed by atoms with Crippen molar-refractivity contribution in [2.24, 2.45) is 16.6 Å². The first-order valence-electron chi connectivity index (χ1n) is 9.75. The maximum Gasteiger partial charge on any atom is 0.174 e. The summed E-state index contributed by atoms with van der Waals surface area (Å²) in [7, 11) is 0. The highest BCUT2D eigenvalue weighted by Gasteiger charge is 2.15. The number of nitrogens with one attached hydrogen (secondary N) is 1. The Morgan fingerprint density at radius 1 is 0.844 bits per heavy atom. The molecule has 0 spiro atoms.